The molecule has 0 spiro atoms. The van der Waals surface area contributed by atoms with Gasteiger partial charge in [0.05, 0.1) is 0 Å². The van der Waals surface area contributed by atoms with Crippen LogP contribution >= 0.6 is 0 Å². The molecular weight excluding hydrogens is 261 g/mol. The molecular formula is C15H12FNO3. The van der Waals surface area contributed by atoms with Crippen molar-refractivity contribution in [2.24, 2.45) is 0 Å². The number of carbonyl (C=O) groups is 1. The number of hydrogen-bond acceptors (Lipinski definition) is 4. The summed E-state index contributed by atoms with van der Waals surface area (Å²) >= 11 is 0. The number of halogens is 1. The third-order valence-electron chi connectivity index (χ3n) is 3.07. The van der Waals surface area contributed by atoms with E-state index in [1.807, 2.05) is 0 Å². The largest absolute Gasteiger partial charge is 0.486 e. The van der Waals surface area contributed by atoms with Crippen molar-refractivity contribution in [3.8, 4) is 11.5 Å². The van der Waals surface area contributed by atoms with E-state index >= 15 is 0 Å². The number of fused-ring (bicyclic) bond motifs is 1. The summed E-state index contributed by atoms with van der Waals surface area (Å²) in [7, 11) is 0. The van der Waals surface area contributed by atoms with Crippen LogP contribution in [-0.2, 0) is 0 Å². The highest BCUT2D eigenvalue weighted by Crippen LogP contribution is 2.35. The van der Waals surface area contributed by atoms with E-state index in [0.717, 1.165) is 0 Å². The van der Waals surface area contributed by atoms with Crippen LogP contribution < -0.4 is 15.2 Å². The highest BCUT2D eigenvalue weighted by Gasteiger charge is 2.19. The number of ether oxygens (including phenoxy) is 2. The lowest BCUT2D eigenvalue weighted by molar-refractivity contribution is 0.103. The summed E-state index contributed by atoms with van der Waals surface area (Å²) in [6, 6.07) is 8.46. The van der Waals surface area contributed by atoms with E-state index in [1.54, 1.807) is 12.1 Å². The molecule has 20 heavy (non-hydrogen) atoms. The van der Waals surface area contributed by atoms with E-state index in [2.05, 4.69) is 0 Å². The van der Waals surface area contributed by atoms with Crippen molar-refractivity contribution in [1.29, 1.82) is 0 Å². The summed E-state index contributed by atoms with van der Waals surface area (Å²) in [6.45, 7) is 0.888. The number of nitrogens with two attached hydrogens (primary N) is 1. The molecule has 2 aromatic rings. The minimum atomic E-state index is -0.392. The number of rotatable bonds is 2. The van der Waals surface area contributed by atoms with Crippen LogP contribution in [0.5, 0.6) is 11.5 Å². The van der Waals surface area contributed by atoms with Gasteiger partial charge in [-0.1, -0.05) is 0 Å². The predicted octanol–water partition coefficient (Wildman–Crippen LogP) is 2.41. The highest BCUT2D eigenvalue weighted by molar-refractivity contribution is 6.12. The first kappa shape index (κ1) is 12.5. The molecule has 2 N–H and O–H groups in total. The Morgan fingerprint density at radius 2 is 1.65 bits per heavy atom. The quantitative estimate of drug-likeness (QED) is 0.674. The smallest absolute Gasteiger partial charge is 0.195 e. The van der Waals surface area contributed by atoms with E-state index in [4.69, 9.17) is 15.2 Å². The van der Waals surface area contributed by atoms with Crippen molar-refractivity contribution in [1.82, 2.24) is 0 Å². The molecule has 2 aromatic carbocycles. The second kappa shape index (κ2) is 4.85. The van der Waals surface area contributed by atoms with Crippen LogP contribution in [0, 0.1) is 5.82 Å². The summed E-state index contributed by atoms with van der Waals surface area (Å²) in [5.41, 5.74) is 6.88. The van der Waals surface area contributed by atoms with E-state index in [0.29, 0.717) is 41.5 Å². The topological polar surface area (TPSA) is 61.6 Å². The van der Waals surface area contributed by atoms with Gasteiger partial charge in [-0.25, -0.2) is 4.39 Å². The number of carbonyl (C=O) groups excluding carboxylic acids is 1. The first-order valence-electron chi connectivity index (χ1n) is 6.14. The first-order valence-corrected chi connectivity index (χ1v) is 6.14. The molecule has 4 nitrogen and oxygen atoms in total. The van der Waals surface area contributed by atoms with Crippen molar-refractivity contribution < 1.29 is 18.7 Å². The minimum Gasteiger partial charge on any atom is -0.486 e. The molecule has 1 aliphatic rings. The molecule has 102 valence electrons. The number of anilines is 1. The van der Waals surface area contributed by atoms with Crippen LogP contribution in [0.4, 0.5) is 10.1 Å². The summed E-state index contributed by atoms with van der Waals surface area (Å²) < 4.78 is 23.7. The normalized spacial score (nSPS) is 13.1. The Kier molecular flexibility index (Phi) is 3.02. The van der Waals surface area contributed by atoms with Gasteiger partial charge in [0.25, 0.3) is 0 Å². The van der Waals surface area contributed by atoms with Crippen LogP contribution in [0.25, 0.3) is 0 Å². The van der Waals surface area contributed by atoms with Gasteiger partial charge in [-0.2, -0.15) is 0 Å². The molecule has 1 aliphatic heterocycles. The average molecular weight is 273 g/mol. The summed E-state index contributed by atoms with van der Waals surface area (Å²) in [5, 5.41) is 0. The lowest BCUT2D eigenvalue weighted by Crippen LogP contribution is -2.17. The first-order chi connectivity index (χ1) is 9.65. The summed E-state index contributed by atoms with van der Waals surface area (Å²) in [4.78, 5) is 12.4. The van der Waals surface area contributed by atoms with Gasteiger partial charge in [-0.05, 0) is 30.3 Å². The standard InChI is InChI=1S/C15H12FNO3/c16-10-3-1-9(2-4-10)15(18)11-7-13-14(8-12(11)17)20-6-5-19-13/h1-4,7-8H,5-6,17H2. The van der Waals surface area contributed by atoms with E-state index in [9.17, 15) is 9.18 Å². The van der Waals surface area contributed by atoms with Crippen molar-refractivity contribution in [3.05, 3.63) is 53.3 Å². The van der Waals surface area contributed by atoms with Gasteiger partial charge in [0, 0.05) is 22.9 Å². The molecule has 0 saturated heterocycles. The predicted molar refractivity (Wildman–Crippen MR) is 71.7 cm³/mol. The fourth-order valence-electron chi connectivity index (χ4n) is 2.06. The third-order valence-corrected chi connectivity index (χ3v) is 3.07. The molecule has 0 aromatic heterocycles. The third kappa shape index (κ3) is 2.18. The van der Waals surface area contributed by atoms with Crippen LogP contribution in [0.2, 0.25) is 0 Å². The Labute approximate surface area is 114 Å². The molecule has 0 aliphatic carbocycles. The number of ketones is 1. The fraction of sp³-hybridized carbons (Fsp3) is 0.133. The number of benzene rings is 2. The molecule has 0 atom stereocenters. The molecule has 0 amide bonds. The lowest BCUT2D eigenvalue weighted by Gasteiger charge is -2.19. The van der Waals surface area contributed by atoms with Crippen LogP contribution in [-0.4, -0.2) is 19.0 Å². The van der Waals surface area contributed by atoms with Gasteiger partial charge in [0.1, 0.15) is 19.0 Å². The van der Waals surface area contributed by atoms with Gasteiger partial charge in [-0.15, -0.1) is 0 Å². The minimum absolute atomic E-state index is 0.278. The zero-order chi connectivity index (χ0) is 14.1. The van der Waals surface area contributed by atoms with E-state index in [-0.39, 0.29) is 5.78 Å². The Hall–Kier alpha value is -2.56. The molecule has 0 unspecified atom stereocenters. The van der Waals surface area contributed by atoms with E-state index < -0.39 is 5.82 Å². The van der Waals surface area contributed by atoms with Gasteiger partial charge < -0.3 is 15.2 Å². The molecule has 0 radical (unpaired) electrons. The molecule has 0 saturated carbocycles. The van der Waals surface area contributed by atoms with Crippen molar-refractivity contribution in [3.63, 3.8) is 0 Å². The zero-order valence-electron chi connectivity index (χ0n) is 10.6. The Balaban J connectivity index is 2.01. The van der Waals surface area contributed by atoms with Gasteiger partial charge in [0.15, 0.2) is 17.3 Å². The van der Waals surface area contributed by atoms with Crippen molar-refractivity contribution >= 4 is 11.5 Å². The Morgan fingerprint density at radius 1 is 1.05 bits per heavy atom. The Morgan fingerprint density at radius 3 is 2.30 bits per heavy atom. The highest BCUT2D eigenvalue weighted by atomic mass is 19.1. The second-order valence-electron chi connectivity index (χ2n) is 4.42. The lowest BCUT2D eigenvalue weighted by atomic mass is 10.0. The summed E-state index contributed by atoms with van der Waals surface area (Å²) in [6.07, 6.45) is 0. The van der Waals surface area contributed by atoms with Crippen LogP contribution in [0.3, 0.4) is 0 Å². The maximum absolute atomic E-state index is 12.9. The molecule has 5 heteroatoms. The van der Waals surface area contributed by atoms with Crippen LogP contribution in [0.1, 0.15) is 15.9 Å². The number of nitrogen functional groups attached to an aromatic ring is 1. The zero-order valence-corrected chi connectivity index (χ0v) is 10.6. The van der Waals surface area contributed by atoms with Crippen molar-refractivity contribution in [2.75, 3.05) is 18.9 Å². The average Bonchev–Trinajstić information content (AvgIpc) is 2.46. The molecule has 3 rings (SSSR count). The second-order valence-corrected chi connectivity index (χ2v) is 4.42. The SMILES string of the molecule is Nc1cc2c(cc1C(=O)c1ccc(F)cc1)OCCO2. The fourth-order valence-corrected chi connectivity index (χ4v) is 2.06. The molecule has 0 bridgehead atoms. The van der Waals surface area contributed by atoms with Gasteiger partial charge in [-0.3, -0.25) is 4.79 Å². The maximum Gasteiger partial charge on any atom is 0.195 e. The van der Waals surface area contributed by atoms with E-state index in [1.165, 1.54) is 24.3 Å². The maximum atomic E-state index is 12.9. The van der Waals surface area contributed by atoms with Gasteiger partial charge >= 0.3 is 0 Å². The number of hydrogen-bond donors (Lipinski definition) is 1. The molecule has 1 heterocycles. The van der Waals surface area contributed by atoms with Crippen molar-refractivity contribution in [2.45, 2.75) is 0 Å². The molecule has 0 fully saturated rings. The summed E-state index contributed by atoms with van der Waals surface area (Å²) in [5.74, 6) is 0.358. The van der Waals surface area contributed by atoms with Crippen LogP contribution in [0.15, 0.2) is 36.4 Å². The monoisotopic (exact) mass is 273 g/mol. The Bertz CT molecular complexity index is 668. The van der Waals surface area contributed by atoms with Gasteiger partial charge in [0.2, 0.25) is 0 Å².